The van der Waals surface area contributed by atoms with E-state index in [0.717, 1.165) is 11.3 Å². The fraction of sp³-hybridized carbons (Fsp3) is 0.316. The lowest BCUT2D eigenvalue weighted by atomic mass is 9.87. The maximum absolute atomic E-state index is 12.3. The van der Waals surface area contributed by atoms with Crippen LogP contribution < -0.4 is 11.1 Å². The Morgan fingerprint density at radius 2 is 1.77 bits per heavy atom. The molecule has 0 saturated heterocycles. The molecule has 0 aromatic heterocycles. The summed E-state index contributed by atoms with van der Waals surface area (Å²) in [5.74, 6) is -0.185. The van der Waals surface area contributed by atoms with Gasteiger partial charge in [0.2, 0.25) is 0 Å². The van der Waals surface area contributed by atoms with Gasteiger partial charge in [-0.15, -0.1) is 0 Å². The number of allylic oxidation sites excluding steroid dienone is 2. The average molecular weight is 298 g/mol. The Hall–Kier alpha value is -2.29. The predicted molar refractivity (Wildman–Crippen MR) is 94.6 cm³/mol. The molecule has 118 valence electrons. The molecule has 0 unspecified atom stereocenters. The first-order valence-corrected chi connectivity index (χ1v) is 7.36. The van der Waals surface area contributed by atoms with Crippen molar-refractivity contribution in [2.75, 3.05) is 5.32 Å². The Kier molecular flexibility index (Phi) is 5.75. The van der Waals surface area contributed by atoms with Crippen molar-refractivity contribution in [3.05, 3.63) is 65.4 Å². The van der Waals surface area contributed by atoms with Crippen LogP contribution in [0.15, 0.2) is 59.8 Å². The fourth-order valence-electron chi connectivity index (χ4n) is 1.83. The summed E-state index contributed by atoms with van der Waals surface area (Å²) in [4.78, 5) is 12.3. The molecule has 0 aliphatic heterocycles. The van der Waals surface area contributed by atoms with E-state index in [9.17, 15) is 4.79 Å². The molecule has 0 fully saturated rings. The lowest BCUT2D eigenvalue weighted by Gasteiger charge is -2.19. The second-order valence-corrected chi connectivity index (χ2v) is 6.41. The van der Waals surface area contributed by atoms with Gasteiger partial charge in [-0.2, -0.15) is 0 Å². The molecule has 0 aliphatic carbocycles. The van der Waals surface area contributed by atoms with E-state index in [1.54, 1.807) is 19.1 Å². The van der Waals surface area contributed by atoms with Crippen molar-refractivity contribution in [1.29, 1.82) is 0 Å². The maximum atomic E-state index is 12.3. The normalized spacial score (nSPS) is 13.0. The van der Waals surface area contributed by atoms with E-state index in [1.165, 1.54) is 5.56 Å². The standard InChI is InChI=1S/C19H26N2O/c1-7-14(12-17(20)13(2)3)18(22)21-16-10-8-15(9-11-16)19(4,5)6/h7-12H,2,20H2,1,3-6H3,(H,21,22)/b14-7+,17-12+. The Morgan fingerprint density at radius 1 is 1.23 bits per heavy atom. The van der Waals surface area contributed by atoms with Gasteiger partial charge >= 0.3 is 0 Å². The van der Waals surface area contributed by atoms with Crippen molar-refractivity contribution in [1.82, 2.24) is 0 Å². The lowest BCUT2D eigenvalue weighted by molar-refractivity contribution is -0.112. The number of nitrogens with one attached hydrogen (secondary N) is 1. The van der Waals surface area contributed by atoms with Crippen molar-refractivity contribution < 1.29 is 4.79 Å². The van der Waals surface area contributed by atoms with Crippen molar-refractivity contribution in [2.24, 2.45) is 5.73 Å². The van der Waals surface area contributed by atoms with E-state index in [-0.39, 0.29) is 11.3 Å². The van der Waals surface area contributed by atoms with E-state index in [4.69, 9.17) is 5.73 Å². The van der Waals surface area contributed by atoms with Crippen molar-refractivity contribution in [2.45, 2.75) is 40.0 Å². The van der Waals surface area contributed by atoms with Crippen molar-refractivity contribution >= 4 is 11.6 Å². The highest BCUT2D eigenvalue weighted by molar-refractivity contribution is 6.05. The molecule has 0 heterocycles. The maximum Gasteiger partial charge on any atom is 0.255 e. The molecule has 1 aromatic carbocycles. The largest absolute Gasteiger partial charge is 0.399 e. The van der Waals surface area contributed by atoms with Gasteiger partial charge in [0.05, 0.1) is 0 Å². The van der Waals surface area contributed by atoms with Gasteiger partial charge in [0.25, 0.3) is 5.91 Å². The highest BCUT2D eigenvalue weighted by Crippen LogP contribution is 2.23. The van der Waals surface area contributed by atoms with Crippen LogP contribution in [-0.4, -0.2) is 5.91 Å². The third kappa shape index (κ3) is 4.92. The van der Waals surface area contributed by atoms with Crippen LogP contribution in [0.3, 0.4) is 0 Å². The van der Waals surface area contributed by atoms with Crippen LogP contribution >= 0.6 is 0 Å². The number of hydrogen-bond acceptors (Lipinski definition) is 2. The fourth-order valence-corrected chi connectivity index (χ4v) is 1.83. The number of carbonyl (C=O) groups is 1. The molecule has 3 nitrogen and oxygen atoms in total. The molecule has 0 saturated carbocycles. The van der Waals surface area contributed by atoms with E-state index in [1.807, 2.05) is 31.2 Å². The summed E-state index contributed by atoms with van der Waals surface area (Å²) in [5.41, 5.74) is 9.67. The molecule has 1 aromatic rings. The Balaban J connectivity index is 2.88. The number of anilines is 1. The molecule has 0 atom stereocenters. The highest BCUT2D eigenvalue weighted by atomic mass is 16.1. The van der Waals surface area contributed by atoms with E-state index < -0.39 is 0 Å². The van der Waals surface area contributed by atoms with Gasteiger partial charge in [-0.25, -0.2) is 0 Å². The van der Waals surface area contributed by atoms with Gasteiger partial charge in [0.15, 0.2) is 0 Å². The first kappa shape index (κ1) is 17.8. The minimum atomic E-state index is -0.185. The van der Waals surface area contributed by atoms with Gasteiger partial charge in [0.1, 0.15) is 0 Å². The number of benzene rings is 1. The van der Waals surface area contributed by atoms with E-state index >= 15 is 0 Å². The van der Waals surface area contributed by atoms with E-state index in [2.05, 4.69) is 32.7 Å². The van der Waals surface area contributed by atoms with E-state index in [0.29, 0.717) is 11.3 Å². The molecule has 3 N–H and O–H groups in total. The Labute approximate surface area is 133 Å². The van der Waals surface area contributed by atoms with Crippen LogP contribution in [-0.2, 0) is 10.2 Å². The molecule has 3 heteroatoms. The second kappa shape index (κ2) is 7.12. The topological polar surface area (TPSA) is 55.1 Å². The van der Waals surface area contributed by atoms with Gasteiger partial charge in [0, 0.05) is 17.0 Å². The third-order valence-corrected chi connectivity index (χ3v) is 3.39. The molecule has 0 spiro atoms. The minimum absolute atomic E-state index is 0.0930. The number of carbonyl (C=O) groups excluding carboxylic acids is 1. The summed E-state index contributed by atoms with van der Waals surface area (Å²) in [6, 6.07) is 7.89. The summed E-state index contributed by atoms with van der Waals surface area (Å²) in [5, 5.41) is 2.88. The quantitative estimate of drug-likeness (QED) is 0.643. The number of hydrogen-bond donors (Lipinski definition) is 2. The first-order chi connectivity index (χ1) is 10.1. The van der Waals surface area contributed by atoms with Crippen LogP contribution in [0.5, 0.6) is 0 Å². The summed E-state index contributed by atoms with van der Waals surface area (Å²) < 4.78 is 0. The van der Waals surface area contributed by atoms with Crippen LogP contribution in [0.1, 0.15) is 40.2 Å². The molecule has 1 rings (SSSR count). The molecule has 0 radical (unpaired) electrons. The second-order valence-electron chi connectivity index (χ2n) is 6.41. The monoisotopic (exact) mass is 298 g/mol. The summed E-state index contributed by atoms with van der Waals surface area (Å²) >= 11 is 0. The van der Waals surface area contributed by atoms with Crippen molar-refractivity contribution in [3.63, 3.8) is 0 Å². The van der Waals surface area contributed by atoms with Crippen LogP contribution in [0, 0.1) is 0 Å². The van der Waals surface area contributed by atoms with Gasteiger partial charge in [-0.3, -0.25) is 4.79 Å². The van der Waals surface area contributed by atoms with Crippen molar-refractivity contribution in [3.8, 4) is 0 Å². The van der Waals surface area contributed by atoms with Crippen LogP contribution in [0.4, 0.5) is 5.69 Å². The van der Waals surface area contributed by atoms with Crippen LogP contribution in [0.2, 0.25) is 0 Å². The Morgan fingerprint density at radius 3 is 2.18 bits per heavy atom. The number of amides is 1. The van der Waals surface area contributed by atoms with Gasteiger partial charge < -0.3 is 11.1 Å². The minimum Gasteiger partial charge on any atom is -0.399 e. The summed E-state index contributed by atoms with van der Waals surface area (Å²) in [7, 11) is 0. The summed E-state index contributed by atoms with van der Waals surface area (Å²) in [6.45, 7) is 13.8. The number of nitrogens with two attached hydrogens (primary N) is 1. The number of rotatable bonds is 4. The lowest BCUT2D eigenvalue weighted by Crippen LogP contribution is -2.15. The van der Waals surface area contributed by atoms with Gasteiger partial charge in [-0.1, -0.05) is 45.6 Å². The average Bonchev–Trinajstić information content (AvgIpc) is 2.43. The molecule has 0 bridgehead atoms. The Bertz CT molecular complexity index is 614. The smallest absolute Gasteiger partial charge is 0.255 e. The molecular formula is C19H26N2O. The molecular weight excluding hydrogens is 272 g/mol. The molecule has 0 aliphatic rings. The zero-order valence-electron chi connectivity index (χ0n) is 14.2. The van der Waals surface area contributed by atoms with Crippen LogP contribution in [0.25, 0.3) is 0 Å². The zero-order valence-corrected chi connectivity index (χ0v) is 14.2. The first-order valence-electron chi connectivity index (χ1n) is 7.36. The molecule has 22 heavy (non-hydrogen) atoms. The van der Waals surface area contributed by atoms with Gasteiger partial charge in [-0.05, 0) is 48.6 Å². The predicted octanol–water partition coefficient (Wildman–Crippen LogP) is 4.29. The third-order valence-electron chi connectivity index (χ3n) is 3.39. The molecule has 1 amide bonds. The zero-order chi connectivity index (χ0) is 16.9. The highest BCUT2D eigenvalue weighted by Gasteiger charge is 2.13. The SMILES string of the molecule is C=C(C)/C(N)=C\C(=C/C)C(=O)Nc1ccc(C(C)(C)C)cc1. The summed E-state index contributed by atoms with van der Waals surface area (Å²) in [6.07, 6.45) is 3.37.